The number of ketones is 1. The average Bonchev–Trinajstić information content (AvgIpc) is 2.74. The van der Waals surface area contributed by atoms with Crippen LogP contribution in [0.4, 0.5) is 0 Å². The maximum absolute atomic E-state index is 12.0. The molecule has 1 unspecified atom stereocenters. The number of Topliss-reactive ketones (excluding diaryl/α,β-unsaturated/α-hetero) is 1. The predicted octanol–water partition coefficient (Wildman–Crippen LogP) is 2.23. The van der Waals surface area contributed by atoms with Gasteiger partial charge in [-0.05, 0) is 31.5 Å². The molecular weight excluding hydrogens is 268 g/mol. The highest BCUT2D eigenvalue weighted by molar-refractivity contribution is 6.65. The van der Waals surface area contributed by atoms with Crippen molar-refractivity contribution in [3.63, 3.8) is 0 Å². The standard InChI is InChI=1S/C13H13ClN2O3/c1-7-5-9(8(2)17)3-4-10(7)13(18)15-12-6-11(14)16-19-12/h3-5,12H,6H2,1-2H3,(H,15,18). The van der Waals surface area contributed by atoms with Crippen LogP contribution in [0.5, 0.6) is 0 Å². The number of nitrogens with zero attached hydrogens (tertiary/aromatic N) is 1. The van der Waals surface area contributed by atoms with Crippen molar-refractivity contribution < 1.29 is 14.4 Å². The lowest BCUT2D eigenvalue weighted by Gasteiger charge is -2.12. The molecule has 0 aromatic heterocycles. The monoisotopic (exact) mass is 280 g/mol. The first-order chi connectivity index (χ1) is 8.97. The van der Waals surface area contributed by atoms with E-state index in [0.29, 0.717) is 22.7 Å². The molecule has 100 valence electrons. The minimum absolute atomic E-state index is 0.0330. The normalized spacial score (nSPS) is 17.6. The molecule has 1 aliphatic rings. The van der Waals surface area contributed by atoms with Crippen molar-refractivity contribution in [1.82, 2.24) is 5.32 Å². The first-order valence-electron chi connectivity index (χ1n) is 5.78. The van der Waals surface area contributed by atoms with E-state index in [2.05, 4.69) is 10.5 Å². The number of oxime groups is 1. The summed E-state index contributed by atoms with van der Waals surface area (Å²) in [6, 6.07) is 4.94. The molecule has 6 heteroatoms. The molecule has 0 radical (unpaired) electrons. The molecule has 2 rings (SSSR count). The van der Waals surface area contributed by atoms with Crippen LogP contribution in [0.2, 0.25) is 0 Å². The second kappa shape index (κ2) is 5.40. The SMILES string of the molecule is CC(=O)c1ccc(C(=O)NC2CC(Cl)=NO2)c(C)c1. The van der Waals surface area contributed by atoms with Gasteiger partial charge in [-0.25, -0.2) is 0 Å². The molecule has 1 aromatic rings. The van der Waals surface area contributed by atoms with Crippen LogP contribution >= 0.6 is 11.6 Å². The molecule has 1 aromatic carbocycles. The zero-order valence-electron chi connectivity index (χ0n) is 10.6. The van der Waals surface area contributed by atoms with E-state index >= 15 is 0 Å². The van der Waals surface area contributed by atoms with Crippen LogP contribution in [-0.4, -0.2) is 23.1 Å². The van der Waals surface area contributed by atoms with Crippen LogP contribution < -0.4 is 5.32 Å². The number of halogens is 1. The fraction of sp³-hybridized carbons (Fsp3) is 0.308. The minimum atomic E-state index is -0.535. The number of nitrogens with one attached hydrogen (secondary N) is 1. The van der Waals surface area contributed by atoms with Crippen molar-refractivity contribution in [2.24, 2.45) is 5.16 Å². The highest BCUT2D eigenvalue weighted by Gasteiger charge is 2.22. The van der Waals surface area contributed by atoms with Gasteiger partial charge in [-0.3, -0.25) is 9.59 Å². The number of rotatable bonds is 3. The van der Waals surface area contributed by atoms with Crippen LogP contribution in [0.1, 0.15) is 39.6 Å². The Kier molecular flexibility index (Phi) is 3.85. The fourth-order valence-electron chi connectivity index (χ4n) is 1.79. The van der Waals surface area contributed by atoms with Crippen LogP contribution in [0.15, 0.2) is 23.4 Å². The number of amides is 1. The van der Waals surface area contributed by atoms with Gasteiger partial charge >= 0.3 is 0 Å². The lowest BCUT2D eigenvalue weighted by Crippen LogP contribution is -2.35. The molecule has 0 fully saturated rings. The summed E-state index contributed by atoms with van der Waals surface area (Å²) in [4.78, 5) is 28.2. The summed E-state index contributed by atoms with van der Waals surface area (Å²) >= 11 is 5.66. The summed E-state index contributed by atoms with van der Waals surface area (Å²) in [5, 5.41) is 6.54. The molecule has 0 saturated carbocycles. The van der Waals surface area contributed by atoms with E-state index in [0.717, 1.165) is 5.56 Å². The Balaban J connectivity index is 2.09. The summed E-state index contributed by atoms with van der Waals surface area (Å²) in [7, 11) is 0. The van der Waals surface area contributed by atoms with E-state index in [9.17, 15) is 9.59 Å². The molecule has 0 aliphatic carbocycles. The first kappa shape index (κ1) is 13.5. The largest absolute Gasteiger partial charge is 0.369 e. The van der Waals surface area contributed by atoms with Crippen molar-refractivity contribution in [2.75, 3.05) is 0 Å². The Morgan fingerprint density at radius 3 is 2.74 bits per heavy atom. The van der Waals surface area contributed by atoms with E-state index in [-0.39, 0.29) is 11.7 Å². The van der Waals surface area contributed by atoms with Crippen molar-refractivity contribution in [3.8, 4) is 0 Å². The molecule has 0 saturated heterocycles. The van der Waals surface area contributed by atoms with Gasteiger partial charge in [-0.15, -0.1) is 0 Å². The quantitative estimate of drug-likeness (QED) is 0.863. The van der Waals surface area contributed by atoms with E-state index in [1.54, 1.807) is 25.1 Å². The van der Waals surface area contributed by atoms with Crippen LogP contribution in [0.3, 0.4) is 0 Å². The maximum Gasteiger partial charge on any atom is 0.254 e. The molecular formula is C13H13ClN2O3. The zero-order chi connectivity index (χ0) is 14.0. The number of aryl methyl sites for hydroxylation is 1. The maximum atomic E-state index is 12.0. The average molecular weight is 281 g/mol. The van der Waals surface area contributed by atoms with Crippen LogP contribution in [-0.2, 0) is 4.84 Å². The van der Waals surface area contributed by atoms with Gasteiger partial charge in [0.25, 0.3) is 5.91 Å². The van der Waals surface area contributed by atoms with Gasteiger partial charge in [0.2, 0.25) is 6.23 Å². The Morgan fingerprint density at radius 1 is 1.47 bits per heavy atom. The number of carbonyl (C=O) groups is 2. The topological polar surface area (TPSA) is 67.8 Å². The summed E-state index contributed by atoms with van der Waals surface area (Å²) in [6.07, 6.45) is -0.176. The van der Waals surface area contributed by atoms with E-state index in [1.807, 2.05) is 0 Å². The third-order valence-electron chi connectivity index (χ3n) is 2.80. The van der Waals surface area contributed by atoms with Crippen LogP contribution in [0.25, 0.3) is 0 Å². The van der Waals surface area contributed by atoms with Crippen molar-refractivity contribution in [1.29, 1.82) is 0 Å². The van der Waals surface area contributed by atoms with Gasteiger partial charge in [0, 0.05) is 11.1 Å². The molecule has 1 amide bonds. The van der Waals surface area contributed by atoms with Crippen molar-refractivity contribution in [2.45, 2.75) is 26.5 Å². The number of hydrogen-bond donors (Lipinski definition) is 1. The summed E-state index contributed by atoms with van der Waals surface area (Å²) in [6.45, 7) is 3.26. The first-order valence-corrected chi connectivity index (χ1v) is 6.16. The van der Waals surface area contributed by atoms with Crippen molar-refractivity contribution in [3.05, 3.63) is 34.9 Å². The van der Waals surface area contributed by atoms with Gasteiger partial charge in [0.15, 0.2) is 11.0 Å². The fourth-order valence-corrected chi connectivity index (χ4v) is 1.97. The Labute approximate surface area is 115 Å². The molecule has 0 spiro atoms. The molecule has 1 atom stereocenters. The Bertz CT molecular complexity index is 569. The van der Waals surface area contributed by atoms with Crippen molar-refractivity contribution >= 4 is 28.5 Å². The smallest absolute Gasteiger partial charge is 0.254 e. The van der Waals surface area contributed by atoms with Crippen LogP contribution in [0, 0.1) is 6.92 Å². The van der Waals surface area contributed by atoms with Gasteiger partial charge < -0.3 is 10.2 Å². The molecule has 1 heterocycles. The highest BCUT2D eigenvalue weighted by atomic mass is 35.5. The highest BCUT2D eigenvalue weighted by Crippen LogP contribution is 2.14. The number of hydrogen-bond acceptors (Lipinski definition) is 4. The van der Waals surface area contributed by atoms with Gasteiger partial charge in [0.05, 0.1) is 6.42 Å². The Hall–Kier alpha value is -1.88. The molecule has 19 heavy (non-hydrogen) atoms. The number of benzene rings is 1. The van der Waals surface area contributed by atoms with Gasteiger partial charge in [-0.2, -0.15) is 0 Å². The van der Waals surface area contributed by atoms with Gasteiger partial charge in [-0.1, -0.05) is 22.8 Å². The zero-order valence-corrected chi connectivity index (χ0v) is 11.3. The third kappa shape index (κ3) is 3.12. The summed E-state index contributed by atoms with van der Waals surface area (Å²) in [5.41, 5.74) is 1.81. The predicted molar refractivity (Wildman–Crippen MR) is 71.4 cm³/mol. The number of carbonyl (C=O) groups excluding carboxylic acids is 2. The molecule has 0 bridgehead atoms. The van der Waals surface area contributed by atoms with E-state index < -0.39 is 6.23 Å². The lowest BCUT2D eigenvalue weighted by atomic mass is 10.0. The third-order valence-corrected chi connectivity index (χ3v) is 3.03. The lowest BCUT2D eigenvalue weighted by molar-refractivity contribution is 0.0502. The molecule has 5 nitrogen and oxygen atoms in total. The van der Waals surface area contributed by atoms with Gasteiger partial charge in [0.1, 0.15) is 0 Å². The second-order valence-corrected chi connectivity index (χ2v) is 4.76. The second-order valence-electron chi connectivity index (χ2n) is 4.33. The summed E-state index contributed by atoms with van der Waals surface area (Å²) in [5.74, 6) is -0.312. The molecule has 1 aliphatic heterocycles. The van der Waals surface area contributed by atoms with E-state index in [4.69, 9.17) is 16.4 Å². The minimum Gasteiger partial charge on any atom is -0.369 e. The summed E-state index contributed by atoms with van der Waals surface area (Å²) < 4.78 is 0. The van der Waals surface area contributed by atoms with E-state index in [1.165, 1.54) is 6.92 Å². The molecule has 1 N–H and O–H groups in total. The Morgan fingerprint density at radius 2 is 2.21 bits per heavy atom.